The van der Waals surface area contributed by atoms with Gasteiger partial charge in [0, 0.05) is 15.4 Å². The van der Waals surface area contributed by atoms with Gasteiger partial charge < -0.3 is 5.11 Å². The number of phenols is 1. The minimum atomic E-state index is -3.58. The van der Waals surface area contributed by atoms with Crippen LogP contribution in [0.1, 0.15) is 9.75 Å². The van der Waals surface area contributed by atoms with Gasteiger partial charge in [-0.25, -0.2) is 8.42 Å². The van der Waals surface area contributed by atoms with Gasteiger partial charge in [0.05, 0.1) is 0 Å². The van der Waals surface area contributed by atoms with Gasteiger partial charge in [0.2, 0.25) is 0 Å². The molecule has 0 bridgehead atoms. The maximum Gasteiger partial charge on any atom is 0.262 e. The number of phenolic OH excluding ortho intramolecular Hbond substituents is 1. The van der Waals surface area contributed by atoms with E-state index in [-0.39, 0.29) is 5.75 Å². The molecule has 0 unspecified atom stereocenters. The molecule has 4 nitrogen and oxygen atoms in total. The fraction of sp³-hybridized carbons (Fsp3) is 0.111. The van der Waals surface area contributed by atoms with E-state index in [4.69, 9.17) is 0 Å². The highest BCUT2D eigenvalue weighted by atomic mass is 32.2. The van der Waals surface area contributed by atoms with Crippen LogP contribution in [0.25, 0.3) is 11.1 Å². The fourth-order valence-corrected chi connectivity index (χ4v) is 5.08. The predicted molar refractivity (Wildman–Crippen MR) is 98.1 cm³/mol. The third-order valence-electron chi connectivity index (χ3n) is 3.62. The summed E-state index contributed by atoms with van der Waals surface area (Å²) in [6.07, 6.45) is 0. The first kappa shape index (κ1) is 16.5. The zero-order valence-electron chi connectivity index (χ0n) is 13.3. The number of thiophene rings is 1. The summed E-state index contributed by atoms with van der Waals surface area (Å²) < 4.78 is 27.6. The zero-order valence-corrected chi connectivity index (χ0v) is 14.9. The fourth-order valence-electron chi connectivity index (χ4n) is 2.47. The van der Waals surface area contributed by atoms with Crippen LogP contribution in [-0.4, -0.2) is 13.5 Å². The second-order valence-electron chi connectivity index (χ2n) is 5.51. The number of nitrogens with one attached hydrogen (secondary N) is 1. The Morgan fingerprint density at radius 3 is 1.96 bits per heavy atom. The zero-order chi connectivity index (χ0) is 17.3. The number of hydrogen-bond acceptors (Lipinski definition) is 4. The Morgan fingerprint density at radius 1 is 0.917 bits per heavy atom. The standard InChI is InChI=1S/C18H17NO3S2/c1-12-11-18(13(2)23-12)24(21,22)19-16-7-3-14(4-8-16)15-5-9-17(20)10-6-15/h3-11,19-20H,1-2H3. The van der Waals surface area contributed by atoms with Crippen LogP contribution in [0.4, 0.5) is 5.69 Å². The predicted octanol–water partition coefficient (Wildman–Crippen LogP) is 4.54. The minimum absolute atomic E-state index is 0.213. The second kappa shape index (κ2) is 6.30. The summed E-state index contributed by atoms with van der Waals surface area (Å²) in [6, 6.07) is 15.7. The van der Waals surface area contributed by atoms with E-state index in [0.717, 1.165) is 20.9 Å². The molecule has 3 rings (SSSR count). The molecule has 0 radical (unpaired) electrons. The molecule has 0 saturated carbocycles. The Bertz CT molecular complexity index is 957. The van der Waals surface area contributed by atoms with Gasteiger partial charge in [-0.15, -0.1) is 11.3 Å². The molecule has 6 heteroatoms. The molecule has 0 spiro atoms. The van der Waals surface area contributed by atoms with Gasteiger partial charge in [0.15, 0.2) is 0 Å². The van der Waals surface area contributed by atoms with Crippen LogP contribution >= 0.6 is 11.3 Å². The van der Waals surface area contributed by atoms with Crippen molar-refractivity contribution in [3.63, 3.8) is 0 Å². The average molecular weight is 359 g/mol. The number of sulfonamides is 1. The summed E-state index contributed by atoms with van der Waals surface area (Å²) in [5, 5.41) is 9.33. The van der Waals surface area contributed by atoms with Gasteiger partial charge in [-0.2, -0.15) is 0 Å². The van der Waals surface area contributed by atoms with E-state index in [2.05, 4.69) is 4.72 Å². The Morgan fingerprint density at radius 2 is 1.46 bits per heavy atom. The van der Waals surface area contributed by atoms with Gasteiger partial charge in [-0.1, -0.05) is 24.3 Å². The van der Waals surface area contributed by atoms with Crippen molar-refractivity contribution < 1.29 is 13.5 Å². The second-order valence-corrected chi connectivity index (χ2v) is 8.62. The summed E-state index contributed by atoms with van der Waals surface area (Å²) in [5.74, 6) is 0.213. The van der Waals surface area contributed by atoms with Crippen molar-refractivity contribution in [2.24, 2.45) is 0 Å². The Kier molecular flexibility index (Phi) is 4.34. The van der Waals surface area contributed by atoms with E-state index in [1.165, 1.54) is 11.3 Å². The molecule has 2 N–H and O–H groups in total. The van der Waals surface area contributed by atoms with Gasteiger partial charge in [-0.05, 0) is 55.3 Å². The lowest BCUT2D eigenvalue weighted by atomic mass is 10.1. The largest absolute Gasteiger partial charge is 0.508 e. The molecule has 0 aliphatic heterocycles. The Balaban J connectivity index is 1.84. The molecule has 0 amide bonds. The third kappa shape index (κ3) is 3.44. The lowest BCUT2D eigenvalue weighted by Crippen LogP contribution is -2.13. The minimum Gasteiger partial charge on any atom is -0.508 e. The first-order chi connectivity index (χ1) is 11.3. The highest BCUT2D eigenvalue weighted by molar-refractivity contribution is 7.93. The SMILES string of the molecule is Cc1cc(S(=O)(=O)Nc2ccc(-c3ccc(O)cc3)cc2)c(C)s1. The van der Waals surface area contributed by atoms with Crippen LogP contribution in [0.5, 0.6) is 5.75 Å². The number of rotatable bonds is 4. The molecule has 24 heavy (non-hydrogen) atoms. The van der Waals surface area contributed by atoms with Crippen LogP contribution in [0.2, 0.25) is 0 Å². The van der Waals surface area contributed by atoms with E-state index >= 15 is 0 Å². The van der Waals surface area contributed by atoms with Crippen LogP contribution < -0.4 is 4.72 Å². The van der Waals surface area contributed by atoms with Gasteiger partial charge in [0.1, 0.15) is 10.6 Å². The summed E-state index contributed by atoms with van der Waals surface area (Å²) in [6.45, 7) is 3.70. The Labute approximate surface area is 145 Å². The van der Waals surface area contributed by atoms with Crippen LogP contribution in [-0.2, 0) is 10.0 Å². The van der Waals surface area contributed by atoms with E-state index in [1.807, 2.05) is 31.2 Å². The molecule has 1 aromatic heterocycles. The molecule has 0 aliphatic carbocycles. The molecule has 0 atom stereocenters. The highest BCUT2D eigenvalue weighted by Crippen LogP contribution is 2.28. The van der Waals surface area contributed by atoms with Crippen molar-refractivity contribution in [1.82, 2.24) is 0 Å². The first-order valence-electron chi connectivity index (χ1n) is 7.34. The number of aromatic hydroxyl groups is 1. The molecular formula is C18H17NO3S2. The quantitative estimate of drug-likeness (QED) is 0.719. The molecule has 0 aliphatic rings. The van der Waals surface area contributed by atoms with E-state index in [9.17, 15) is 13.5 Å². The van der Waals surface area contributed by atoms with Crippen molar-refractivity contribution in [2.45, 2.75) is 18.7 Å². The van der Waals surface area contributed by atoms with Gasteiger partial charge >= 0.3 is 0 Å². The maximum absolute atomic E-state index is 12.5. The van der Waals surface area contributed by atoms with Gasteiger partial charge in [0.25, 0.3) is 10.0 Å². The highest BCUT2D eigenvalue weighted by Gasteiger charge is 2.19. The molecule has 1 heterocycles. The summed E-state index contributed by atoms with van der Waals surface area (Å²) >= 11 is 1.47. The maximum atomic E-state index is 12.5. The van der Waals surface area contributed by atoms with Crippen LogP contribution in [0.3, 0.4) is 0 Å². The molecule has 0 fully saturated rings. The van der Waals surface area contributed by atoms with Crippen molar-refractivity contribution >= 4 is 27.0 Å². The lowest BCUT2D eigenvalue weighted by molar-refractivity contribution is 0.475. The Hall–Kier alpha value is -2.31. The molecule has 3 aromatic rings. The normalized spacial score (nSPS) is 11.4. The summed E-state index contributed by atoms with van der Waals surface area (Å²) in [7, 11) is -3.58. The van der Waals surface area contributed by atoms with Crippen LogP contribution in [0, 0.1) is 13.8 Å². The van der Waals surface area contributed by atoms with Crippen molar-refractivity contribution in [1.29, 1.82) is 0 Å². The summed E-state index contributed by atoms with van der Waals surface area (Å²) in [5.41, 5.74) is 2.41. The van der Waals surface area contributed by atoms with Crippen molar-refractivity contribution in [3.05, 3.63) is 64.4 Å². The van der Waals surface area contributed by atoms with Crippen molar-refractivity contribution in [3.8, 4) is 16.9 Å². The first-order valence-corrected chi connectivity index (χ1v) is 9.64. The van der Waals surface area contributed by atoms with E-state index in [0.29, 0.717) is 10.6 Å². The number of hydrogen-bond donors (Lipinski definition) is 2. The molecule has 124 valence electrons. The molecule has 0 saturated heterocycles. The van der Waals surface area contributed by atoms with Crippen LogP contribution in [0.15, 0.2) is 59.5 Å². The van der Waals surface area contributed by atoms with E-state index < -0.39 is 10.0 Å². The summed E-state index contributed by atoms with van der Waals surface area (Å²) in [4.78, 5) is 2.07. The smallest absolute Gasteiger partial charge is 0.262 e. The molecular weight excluding hydrogens is 342 g/mol. The monoisotopic (exact) mass is 359 g/mol. The molecule has 2 aromatic carbocycles. The topological polar surface area (TPSA) is 66.4 Å². The number of aryl methyl sites for hydroxylation is 2. The van der Waals surface area contributed by atoms with E-state index in [1.54, 1.807) is 37.3 Å². The lowest BCUT2D eigenvalue weighted by Gasteiger charge is -2.09. The number of benzene rings is 2. The average Bonchev–Trinajstić information content (AvgIpc) is 2.88. The third-order valence-corrected chi connectivity index (χ3v) is 6.23. The van der Waals surface area contributed by atoms with Gasteiger partial charge in [-0.3, -0.25) is 4.72 Å². The number of anilines is 1. The van der Waals surface area contributed by atoms with Crippen molar-refractivity contribution in [2.75, 3.05) is 4.72 Å².